The SMILES string of the molecule is CC(CC(F)(F)F)n1c(=S)[nH]c2cc(Cl)ccc21. The summed E-state index contributed by atoms with van der Waals surface area (Å²) in [7, 11) is 0. The molecule has 0 saturated carbocycles. The number of halogens is 4. The van der Waals surface area contributed by atoms with E-state index in [0.29, 0.717) is 16.1 Å². The summed E-state index contributed by atoms with van der Waals surface area (Å²) in [6.45, 7) is 1.49. The van der Waals surface area contributed by atoms with Crippen molar-refractivity contribution in [2.24, 2.45) is 0 Å². The number of aromatic nitrogens is 2. The molecule has 1 unspecified atom stereocenters. The van der Waals surface area contributed by atoms with Gasteiger partial charge in [-0.1, -0.05) is 11.6 Å². The van der Waals surface area contributed by atoms with E-state index in [1.54, 1.807) is 18.2 Å². The highest BCUT2D eigenvalue weighted by atomic mass is 35.5. The molecule has 0 radical (unpaired) electrons. The molecule has 0 spiro atoms. The van der Waals surface area contributed by atoms with Crippen LogP contribution in [0.15, 0.2) is 18.2 Å². The van der Waals surface area contributed by atoms with Crippen molar-refractivity contribution in [1.29, 1.82) is 0 Å². The van der Waals surface area contributed by atoms with Gasteiger partial charge in [0, 0.05) is 11.1 Å². The normalized spacial score (nSPS) is 14.1. The number of alkyl halides is 3. The Hall–Kier alpha value is -1.01. The number of nitrogens with zero attached hydrogens (tertiary/aromatic N) is 1. The molecule has 1 N–H and O–H groups in total. The van der Waals surface area contributed by atoms with Crippen molar-refractivity contribution < 1.29 is 13.2 Å². The maximum Gasteiger partial charge on any atom is 0.391 e. The van der Waals surface area contributed by atoms with Crippen LogP contribution in [0, 0.1) is 4.77 Å². The maximum atomic E-state index is 12.4. The fourth-order valence-corrected chi connectivity index (χ4v) is 2.53. The molecule has 1 atom stereocenters. The maximum absolute atomic E-state index is 12.4. The number of fused-ring (bicyclic) bond motifs is 1. The molecule has 1 aromatic carbocycles. The zero-order chi connectivity index (χ0) is 13.5. The van der Waals surface area contributed by atoms with Gasteiger partial charge in [-0.05, 0) is 37.3 Å². The van der Waals surface area contributed by atoms with Gasteiger partial charge in [-0.3, -0.25) is 0 Å². The lowest BCUT2D eigenvalue weighted by Gasteiger charge is -2.16. The fourth-order valence-electron chi connectivity index (χ4n) is 1.97. The third kappa shape index (κ3) is 2.70. The molecule has 1 heterocycles. The van der Waals surface area contributed by atoms with E-state index >= 15 is 0 Å². The van der Waals surface area contributed by atoms with E-state index in [1.165, 1.54) is 11.5 Å². The topological polar surface area (TPSA) is 20.7 Å². The van der Waals surface area contributed by atoms with Crippen molar-refractivity contribution in [2.45, 2.75) is 25.6 Å². The monoisotopic (exact) mass is 294 g/mol. The lowest BCUT2D eigenvalue weighted by Crippen LogP contribution is -2.16. The van der Waals surface area contributed by atoms with E-state index < -0.39 is 18.6 Å². The molecule has 0 fully saturated rings. The van der Waals surface area contributed by atoms with E-state index in [9.17, 15) is 13.2 Å². The number of hydrogen-bond acceptors (Lipinski definition) is 1. The van der Waals surface area contributed by atoms with Crippen LogP contribution in [0.5, 0.6) is 0 Å². The average molecular weight is 295 g/mol. The quantitative estimate of drug-likeness (QED) is 0.784. The molecule has 1 aromatic heterocycles. The molecule has 0 aliphatic rings. The number of imidazole rings is 1. The first kappa shape index (κ1) is 13.4. The Kier molecular flexibility index (Phi) is 3.42. The lowest BCUT2D eigenvalue weighted by molar-refractivity contribution is -0.141. The van der Waals surface area contributed by atoms with Crippen LogP contribution in [0.25, 0.3) is 11.0 Å². The summed E-state index contributed by atoms with van der Waals surface area (Å²) in [5.74, 6) is 0. The van der Waals surface area contributed by atoms with Gasteiger partial charge in [-0.15, -0.1) is 0 Å². The minimum absolute atomic E-state index is 0.268. The molecule has 7 heteroatoms. The second-order valence-electron chi connectivity index (χ2n) is 4.13. The van der Waals surface area contributed by atoms with Crippen molar-refractivity contribution in [2.75, 3.05) is 0 Å². The first-order chi connectivity index (χ1) is 8.28. The van der Waals surface area contributed by atoms with Gasteiger partial charge in [0.15, 0.2) is 4.77 Å². The average Bonchev–Trinajstić information content (AvgIpc) is 2.50. The van der Waals surface area contributed by atoms with Crippen molar-refractivity contribution in [1.82, 2.24) is 9.55 Å². The summed E-state index contributed by atoms with van der Waals surface area (Å²) < 4.78 is 39.0. The standard InChI is InChI=1S/C11H10ClF3N2S/c1-6(5-11(13,14)15)17-9-3-2-7(12)4-8(9)16-10(17)18/h2-4,6H,5H2,1H3,(H,16,18). The van der Waals surface area contributed by atoms with Crippen LogP contribution in [0.2, 0.25) is 5.02 Å². The Morgan fingerprint density at radius 3 is 2.72 bits per heavy atom. The van der Waals surface area contributed by atoms with Gasteiger partial charge in [-0.2, -0.15) is 13.2 Å². The molecule has 2 nitrogen and oxygen atoms in total. The second-order valence-corrected chi connectivity index (χ2v) is 4.95. The third-order valence-corrected chi connectivity index (χ3v) is 3.18. The fraction of sp³-hybridized carbons (Fsp3) is 0.364. The molecule has 0 aliphatic heterocycles. The zero-order valence-corrected chi connectivity index (χ0v) is 11.0. The van der Waals surface area contributed by atoms with Crippen LogP contribution in [0.1, 0.15) is 19.4 Å². The highest BCUT2D eigenvalue weighted by Crippen LogP contribution is 2.30. The van der Waals surface area contributed by atoms with Crippen LogP contribution in [0.4, 0.5) is 13.2 Å². The molecule has 0 bridgehead atoms. The molecular weight excluding hydrogens is 285 g/mol. The number of benzene rings is 1. The van der Waals surface area contributed by atoms with Gasteiger partial charge in [-0.25, -0.2) is 0 Å². The molecule has 0 amide bonds. The molecular formula is C11H10ClF3N2S. The first-order valence-electron chi connectivity index (χ1n) is 5.24. The van der Waals surface area contributed by atoms with Gasteiger partial charge < -0.3 is 9.55 Å². The number of hydrogen-bond donors (Lipinski definition) is 1. The molecule has 2 rings (SSSR count). The van der Waals surface area contributed by atoms with Crippen molar-refractivity contribution in [3.05, 3.63) is 28.0 Å². The van der Waals surface area contributed by atoms with Crippen LogP contribution >= 0.6 is 23.8 Å². The van der Waals surface area contributed by atoms with E-state index in [-0.39, 0.29) is 4.77 Å². The Morgan fingerprint density at radius 1 is 1.44 bits per heavy atom. The van der Waals surface area contributed by atoms with Gasteiger partial charge >= 0.3 is 6.18 Å². The smallest absolute Gasteiger partial charge is 0.331 e. The van der Waals surface area contributed by atoms with Crippen molar-refractivity contribution >= 4 is 34.9 Å². The molecule has 0 saturated heterocycles. The summed E-state index contributed by atoms with van der Waals surface area (Å²) >= 11 is 10.9. The minimum atomic E-state index is -4.22. The van der Waals surface area contributed by atoms with E-state index in [0.717, 1.165) is 0 Å². The minimum Gasteiger partial charge on any atom is -0.331 e. The largest absolute Gasteiger partial charge is 0.391 e. The Bertz CT molecular complexity index is 629. The first-order valence-corrected chi connectivity index (χ1v) is 6.03. The van der Waals surface area contributed by atoms with Crippen molar-refractivity contribution in [3.63, 3.8) is 0 Å². The number of rotatable bonds is 2. The predicted octanol–water partition coefficient (Wildman–Crippen LogP) is 4.87. The summed E-state index contributed by atoms with van der Waals surface area (Å²) in [5.41, 5.74) is 1.27. The molecule has 18 heavy (non-hydrogen) atoms. The summed E-state index contributed by atoms with van der Waals surface area (Å²) in [6, 6.07) is 4.18. The van der Waals surface area contributed by atoms with Gasteiger partial charge in [0.1, 0.15) is 0 Å². The van der Waals surface area contributed by atoms with Crippen LogP contribution in [-0.4, -0.2) is 15.7 Å². The second kappa shape index (κ2) is 4.59. The Balaban J connectivity index is 2.51. The summed E-state index contributed by atoms with van der Waals surface area (Å²) in [4.78, 5) is 2.86. The van der Waals surface area contributed by atoms with Crippen LogP contribution < -0.4 is 0 Å². The number of aromatic amines is 1. The van der Waals surface area contributed by atoms with E-state index in [2.05, 4.69) is 4.98 Å². The van der Waals surface area contributed by atoms with Crippen molar-refractivity contribution in [3.8, 4) is 0 Å². The molecule has 0 aliphatic carbocycles. The van der Waals surface area contributed by atoms with Crippen LogP contribution in [-0.2, 0) is 0 Å². The Morgan fingerprint density at radius 2 is 2.11 bits per heavy atom. The number of nitrogens with one attached hydrogen (secondary N) is 1. The molecule has 98 valence electrons. The van der Waals surface area contributed by atoms with Gasteiger partial charge in [0.25, 0.3) is 0 Å². The highest BCUT2D eigenvalue weighted by Gasteiger charge is 2.31. The summed E-state index contributed by atoms with van der Waals surface area (Å²) in [6.07, 6.45) is -5.14. The highest BCUT2D eigenvalue weighted by molar-refractivity contribution is 7.71. The lowest BCUT2D eigenvalue weighted by atomic mass is 10.2. The van der Waals surface area contributed by atoms with Gasteiger partial charge in [0.05, 0.1) is 17.5 Å². The van der Waals surface area contributed by atoms with E-state index in [1.807, 2.05) is 0 Å². The van der Waals surface area contributed by atoms with E-state index in [4.69, 9.17) is 23.8 Å². The third-order valence-electron chi connectivity index (χ3n) is 2.65. The van der Waals surface area contributed by atoms with Gasteiger partial charge in [0.2, 0.25) is 0 Å². The molecule has 2 aromatic rings. The van der Waals surface area contributed by atoms with Crippen LogP contribution in [0.3, 0.4) is 0 Å². The summed E-state index contributed by atoms with van der Waals surface area (Å²) in [5, 5.41) is 0.509. The zero-order valence-electron chi connectivity index (χ0n) is 9.38. The number of H-pyrrole nitrogens is 1. The Labute approximate surface area is 111 Å². The predicted molar refractivity (Wildman–Crippen MR) is 67.5 cm³/mol.